The molecule has 19 heavy (non-hydrogen) atoms. The molecule has 1 rings (SSSR count). The van der Waals surface area contributed by atoms with Crippen molar-refractivity contribution in [2.45, 2.75) is 58.5 Å². The Hall–Kier alpha value is -0.960. The van der Waals surface area contributed by atoms with Crippen molar-refractivity contribution < 1.29 is 13.9 Å². The third kappa shape index (κ3) is 3.75. The van der Waals surface area contributed by atoms with Gasteiger partial charge in [0.2, 0.25) is 6.43 Å². The monoisotopic (exact) mass is 270 g/mol. The molecule has 1 aromatic rings. The molecule has 0 aliphatic rings. The highest BCUT2D eigenvalue weighted by atomic mass is 19.3. The first kappa shape index (κ1) is 16.1. The summed E-state index contributed by atoms with van der Waals surface area (Å²) in [6.07, 6.45) is -2.00. The Morgan fingerprint density at radius 1 is 1.11 bits per heavy atom. The topological polar surface area (TPSA) is 20.2 Å². The fourth-order valence-electron chi connectivity index (χ4n) is 2.26. The summed E-state index contributed by atoms with van der Waals surface area (Å²) in [5.41, 5.74) is 0.298. The van der Waals surface area contributed by atoms with Crippen LogP contribution in [0.15, 0.2) is 24.3 Å². The predicted octanol–water partition coefficient (Wildman–Crippen LogP) is 4.70. The van der Waals surface area contributed by atoms with E-state index in [4.69, 9.17) is 0 Å². The van der Waals surface area contributed by atoms with Crippen molar-refractivity contribution in [1.29, 1.82) is 0 Å². The Bertz CT molecular complexity index is 386. The fraction of sp³-hybridized carbons (Fsp3) is 0.625. The molecule has 2 unspecified atom stereocenters. The van der Waals surface area contributed by atoms with Gasteiger partial charge in [-0.15, -0.1) is 0 Å². The van der Waals surface area contributed by atoms with E-state index in [1.807, 2.05) is 12.1 Å². The van der Waals surface area contributed by atoms with Gasteiger partial charge in [0.15, 0.2) is 0 Å². The molecule has 1 N–H and O–H groups in total. The molecule has 2 atom stereocenters. The zero-order valence-corrected chi connectivity index (χ0v) is 12.2. The van der Waals surface area contributed by atoms with E-state index >= 15 is 0 Å². The first-order valence-electron chi connectivity index (χ1n) is 6.92. The Morgan fingerprint density at radius 3 is 2.00 bits per heavy atom. The van der Waals surface area contributed by atoms with E-state index in [0.29, 0.717) is 11.5 Å². The maximum absolute atomic E-state index is 12.7. The smallest absolute Gasteiger partial charge is 0.241 e. The summed E-state index contributed by atoms with van der Waals surface area (Å²) in [5, 5.41) is 10.5. The molecular formula is C16H24F2O. The van der Waals surface area contributed by atoms with Crippen LogP contribution in [0.2, 0.25) is 0 Å². The largest absolute Gasteiger partial charge is 0.385 e. The van der Waals surface area contributed by atoms with Crippen LogP contribution in [0.1, 0.15) is 57.6 Å². The lowest BCUT2D eigenvalue weighted by Gasteiger charge is -2.32. The van der Waals surface area contributed by atoms with Crippen LogP contribution in [0.4, 0.5) is 8.78 Å². The highest BCUT2D eigenvalue weighted by Gasteiger charge is 2.36. The Labute approximate surface area is 114 Å². The second-order valence-electron chi connectivity index (χ2n) is 5.61. The molecule has 0 amide bonds. The molecule has 0 fully saturated rings. The summed E-state index contributed by atoms with van der Waals surface area (Å²) in [6, 6.07) is 7.43. The average Bonchev–Trinajstić information content (AvgIpc) is 2.36. The first-order valence-corrected chi connectivity index (χ1v) is 6.92. The van der Waals surface area contributed by atoms with Gasteiger partial charge in [0.25, 0.3) is 0 Å². The summed E-state index contributed by atoms with van der Waals surface area (Å²) >= 11 is 0. The number of rotatable bonds is 6. The normalized spacial score (nSPS) is 16.7. The molecule has 1 aromatic carbocycles. The first-order chi connectivity index (χ1) is 8.81. The van der Waals surface area contributed by atoms with Gasteiger partial charge in [0.05, 0.1) is 5.60 Å². The van der Waals surface area contributed by atoms with Gasteiger partial charge in [-0.2, -0.15) is 0 Å². The van der Waals surface area contributed by atoms with Crippen LogP contribution in [0.3, 0.4) is 0 Å². The maximum Gasteiger partial charge on any atom is 0.241 e. The number of halogens is 2. The van der Waals surface area contributed by atoms with Crippen LogP contribution in [-0.4, -0.2) is 11.5 Å². The van der Waals surface area contributed by atoms with E-state index in [2.05, 4.69) is 13.8 Å². The third-order valence-corrected chi connectivity index (χ3v) is 4.01. The van der Waals surface area contributed by atoms with Crippen LogP contribution in [0.5, 0.6) is 0 Å². The molecule has 0 spiro atoms. The molecule has 0 radical (unpaired) electrons. The van der Waals surface area contributed by atoms with Crippen molar-refractivity contribution in [3.05, 3.63) is 35.4 Å². The van der Waals surface area contributed by atoms with E-state index < -0.39 is 18.4 Å². The summed E-state index contributed by atoms with van der Waals surface area (Å²) in [5.74, 6) is 0.187. The van der Waals surface area contributed by atoms with Crippen LogP contribution in [0, 0.1) is 5.92 Å². The molecule has 0 bridgehead atoms. The summed E-state index contributed by atoms with van der Waals surface area (Å²) in [7, 11) is 0. The van der Waals surface area contributed by atoms with Crippen LogP contribution < -0.4 is 0 Å². The van der Waals surface area contributed by atoms with Crippen molar-refractivity contribution in [3.63, 3.8) is 0 Å². The standard InChI is InChI=1S/C16H24F2O/c1-5-12(4)13-6-8-14(9-7-13)16(19,11(2)3)10-15(17)18/h6-9,11-12,15,19H,5,10H2,1-4H3. The Kier molecular flexibility index (Phi) is 5.48. The minimum absolute atomic E-state index is 0.254. The van der Waals surface area contributed by atoms with Gasteiger partial charge in [-0.3, -0.25) is 0 Å². The van der Waals surface area contributed by atoms with Crippen molar-refractivity contribution >= 4 is 0 Å². The molecule has 0 heterocycles. The zero-order chi connectivity index (χ0) is 14.6. The van der Waals surface area contributed by atoms with E-state index in [1.165, 1.54) is 5.56 Å². The van der Waals surface area contributed by atoms with E-state index in [0.717, 1.165) is 6.42 Å². The molecule has 0 aromatic heterocycles. The average molecular weight is 270 g/mol. The van der Waals surface area contributed by atoms with Gasteiger partial charge >= 0.3 is 0 Å². The molecule has 108 valence electrons. The number of alkyl halides is 2. The molecule has 0 aliphatic carbocycles. The number of hydrogen-bond acceptors (Lipinski definition) is 1. The summed E-state index contributed by atoms with van der Waals surface area (Å²) < 4.78 is 25.4. The molecule has 0 aliphatic heterocycles. The van der Waals surface area contributed by atoms with E-state index in [1.54, 1.807) is 26.0 Å². The molecular weight excluding hydrogens is 246 g/mol. The zero-order valence-electron chi connectivity index (χ0n) is 12.2. The lowest BCUT2D eigenvalue weighted by atomic mass is 9.80. The SMILES string of the molecule is CCC(C)c1ccc(C(O)(CC(F)F)C(C)C)cc1. The second-order valence-corrected chi connectivity index (χ2v) is 5.61. The van der Waals surface area contributed by atoms with Gasteiger partial charge in [0.1, 0.15) is 0 Å². The molecule has 0 saturated carbocycles. The number of hydrogen-bond donors (Lipinski definition) is 1. The Balaban J connectivity index is 3.04. The lowest BCUT2D eigenvalue weighted by Crippen LogP contribution is -2.34. The maximum atomic E-state index is 12.7. The van der Waals surface area contributed by atoms with Crippen molar-refractivity contribution in [2.75, 3.05) is 0 Å². The highest BCUT2D eigenvalue weighted by Crippen LogP contribution is 2.36. The predicted molar refractivity (Wildman–Crippen MR) is 74.5 cm³/mol. The second kappa shape index (κ2) is 6.47. The number of benzene rings is 1. The quantitative estimate of drug-likeness (QED) is 0.794. The van der Waals surface area contributed by atoms with Crippen molar-refractivity contribution in [2.24, 2.45) is 5.92 Å². The molecule has 1 nitrogen and oxygen atoms in total. The Morgan fingerprint density at radius 2 is 1.63 bits per heavy atom. The van der Waals surface area contributed by atoms with Gasteiger partial charge in [0, 0.05) is 6.42 Å². The lowest BCUT2D eigenvalue weighted by molar-refractivity contribution is -0.0606. The fourth-order valence-corrected chi connectivity index (χ4v) is 2.26. The van der Waals surface area contributed by atoms with Crippen LogP contribution in [0.25, 0.3) is 0 Å². The van der Waals surface area contributed by atoms with Crippen LogP contribution >= 0.6 is 0 Å². The molecule has 0 saturated heterocycles. The van der Waals surface area contributed by atoms with Gasteiger partial charge in [-0.1, -0.05) is 52.0 Å². The molecule has 3 heteroatoms. The summed E-state index contributed by atoms with van der Waals surface area (Å²) in [6.45, 7) is 7.78. The van der Waals surface area contributed by atoms with Crippen LogP contribution in [-0.2, 0) is 5.60 Å². The van der Waals surface area contributed by atoms with Crippen molar-refractivity contribution in [1.82, 2.24) is 0 Å². The van der Waals surface area contributed by atoms with Gasteiger partial charge in [-0.05, 0) is 29.4 Å². The highest BCUT2D eigenvalue weighted by molar-refractivity contribution is 5.29. The van der Waals surface area contributed by atoms with Crippen molar-refractivity contribution in [3.8, 4) is 0 Å². The van der Waals surface area contributed by atoms with E-state index in [-0.39, 0.29) is 5.92 Å². The minimum atomic E-state index is -2.51. The third-order valence-electron chi connectivity index (χ3n) is 4.01. The number of aliphatic hydroxyl groups is 1. The van der Waals surface area contributed by atoms with Gasteiger partial charge < -0.3 is 5.11 Å². The van der Waals surface area contributed by atoms with Gasteiger partial charge in [-0.25, -0.2) is 8.78 Å². The minimum Gasteiger partial charge on any atom is -0.385 e. The summed E-state index contributed by atoms with van der Waals surface area (Å²) in [4.78, 5) is 0. The van der Waals surface area contributed by atoms with E-state index in [9.17, 15) is 13.9 Å².